The van der Waals surface area contributed by atoms with Gasteiger partial charge in [-0.1, -0.05) is 125 Å². The molecule has 0 nitrogen and oxygen atoms in total. The summed E-state index contributed by atoms with van der Waals surface area (Å²) in [5.41, 5.74) is 0. The van der Waals surface area contributed by atoms with Gasteiger partial charge in [-0.25, -0.2) is 0 Å². The number of alkyl halides is 1. The van der Waals surface area contributed by atoms with Crippen LogP contribution in [0.3, 0.4) is 0 Å². The third-order valence-corrected chi connectivity index (χ3v) is 7.52. The van der Waals surface area contributed by atoms with Crippen molar-refractivity contribution < 1.29 is 0 Å². The molecule has 24 heavy (non-hydrogen) atoms. The van der Waals surface area contributed by atoms with E-state index in [1.165, 1.54) is 121 Å². The highest BCUT2D eigenvalue weighted by atomic mass is 79.9. The smallest absolute Gasteiger partial charge is 0.150 e. The molecule has 0 amide bonds. The molecule has 0 rings (SSSR count). The molecule has 0 spiro atoms. The molecule has 146 valence electrons. The highest BCUT2D eigenvalue weighted by Crippen LogP contribution is 2.15. The van der Waals surface area contributed by atoms with Crippen molar-refractivity contribution in [2.45, 2.75) is 122 Å². The number of unbranched alkanes of at least 4 members (excludes halogenated alkanes) is 17. The molecule has 0 saturated heterocycles. The van der Waals surface area contributed by atoms with E-state index in [2.05, 4.69) is 15.9 Å². The Morgan fingerprint density at radius 3 is 0.917 bits per heavy atom. The molecule has 0 heterocycles. The molecule has 0 fully saturated rings. The summed E-state index contributed by atoms with van der Waals surface area (Å²) in [6.07, 6.45) is 25.6. The van der Waals surface area contributed by atoms with Crippen LogP contribution in [0, 0.1) is 0 Å². The summed E-state index contributed by atoms with van der Waals surface area (Å²) in [6, 6.07) is 1.10. The molecule has 4 heteroatoms. The van der Waals surface area contributed by atoms with E-state index < -0.39 is 7.42 Å². The van der Waals surface area contributed by atoms with E-state index in [9.17, 15) is 0 Å². The van der Waals surface area contributed by atoms with Crippen LogP contribution in [-0.2, 0) is 0 Å². The van der Waals surface area contributed by atoms with Crippen LogP contribution < -0.4 is 0 Å². The lowest BCUT2D eigenvalue weighted by molar-refractivity contribution is 0.527. The Hall–Kier alpha value is 1.28. The molecule has 0 aromatic heterocycles. The van der Waals surface area contributed by atoms with Crippen molar-refractivity contribution in [3.63, 3.8) is 0 Å². The first-order valence-electron chi connectivity index (χ1n) is 10.6. The minimum absolute atomic E-state index is 1.10. The van der Waals surface area contributed by atoms with Crippen molar-refractivity contribution in [1.29, 1.82) is 0 Å². The van der Waals surface area contributed by atoms with Gasteiger partial charge in [0.15, 0.2) is 0 Å². The van der Waals surface area contributed by atoms with Gasteiger partial charge in [0.2, 0.25) is 7.42 Å². The predicted octanol–water partition coefficient (Wildman–Crippen LogP) is 9.10. The van der Waals surface area contributed by atoms with E-state index in [4.69, 9.17) is 22.2 Å². The summed E-state index contributed by atoms with van der Waals surface area (Å²) < 4.78 is 0. The summed E-state index contributed by atoms with van der Waals surface area (Å²) in [5.74, 6) is 0. The lowest BCUT2D eigenvalue weighted by atomic mass is 10.0. The summed E-state index contributed by atoms with van der Waals surface area (Å²) in [5, 5.41) is 1.18. The quantitative estimate of drug-likeness (QED) is 0.0736. The van der Waals surface area contributed by atoms with Gasteiger partial charge < -0.3 is 0 Å². The highest BCUT2D eigenvalue weighted by molar-refractivity contribution is 9.09. The zero-order valence-corrected chi connectivity index (χ0v) is 20.1. The fourth-order valence-corrected chi connectivity index (χ4v) is 5.14. The van der Waals surface area contributed by atoms with Crippen LogP contribution in [0.25, 0.3) is 0 Å². The zero-order valence-electron chi connectivity index (χ0n) is 15.9. The fraction of sp³-hybridized carbons (Fsp3) is 1.00. The van der Waals surface area contributed by atoms with Crippen LogP contribution in [-0.4, -0.2) is 12.7 Å². The third kappa shape index (κ3) is 23.3. The van der Waals surface area contributed by atoms with Crippen molar-refractivity contribution in [3.8, 4) is 0 Å². The zero-order chi connectivity index (χ0) is 17.7. The fourth-order valence-electron chi connectivity index (χ4n) is 3.22. The van der Waals surface area contributed by atoms with E-state index in [1.807, 2.05) is 0 Å². The molecule has 0 aromatic carbocycles. The van der Waals surface area contributed by atoms with Crippen LogP contribution in [0.2, 0.25) is 6.04 Å². The predicted molar refractivity (Wildman–Crippen MR) is 121 cm³/mol. The van der Waals surface area contributed by atoms with Crippen LogP contribution in [0.1, 0.15) is 116 Å². The number of hydrogen-bond acceptors (Lipinski definition) is 0. The molecule has 0 radical (unpaired) electrons. The maximum atomic E-state index is 5.86. The Kier molecular flexibility index (Phi) is 23.5. The Morgan fingerprint density at radius 1 is 0.417 bits per heavy atom. The summed E-state index contributed by atoms with van der Waals surface area (Å²) in [6.45, 7) is 0. The Morgan fingerprint density at radius 2 is 0.667 bits per heavy atom. The standard InChI is InChI=1S/C20H41BrCl2Si/c21-19-17-15-13-11-9-7-5-3-1-2-4-6-8-10-12-14-16-18-20-24(22)23/h24H,1-20H2. The maximum Gasteiger partial charge on any atom is 0.237 e. The molecule has 0 aliphatic carbocycles. The van der Waals surface area contributed by atoms with Gasteiger partial charge in [0.05, 0.1) is 0 Å². The van der Waals surface area contributed by atoms with Crippen molar-refractivity contribution in [2.24, 2.45) is 0 Å². The molecule has 0 saturated carbocycles. The van der Waals surface area contributed by atoms with Gasteiger partial charge in [0.1, 0.15) is 0 Å². The second-order valence-corrected chi connectivity index (χ2v) is 13.2. The average Bonchev–Trinajstić information content (AvgIpc) is 2.56. The molecule has 0 aliphatic rings. The van der Waals surface area contributed by atoms with Gasteiger partial charge in [-0.3, -0.25) is 0 Å². The molecular weight excluding hydrogens is 419 g/mol. The van der Waals surface area contributed by atoms with Crippen LogP contribution in [0.4, 0.5) is 0 Å². The first-order chi connectivity index (χ1) is 11.8. The van der Waals surface area contributed by atoms with E-state index in [1.54, 1.807) is 0 Å². The second-order valence-electron chi connectivity index (χ2n) is 7.23. The van der Waals surface area contributed by atoms with E-state index in [0.717, 1.165) is 6.04 Å². The van der Waals surface area contributed by atoms with Gasteiger partial charge >= 0.3 is 0 Å². The summed E-state index contributed by atoms with van der Waals surface area (Å²) in [4.78, 5) is 0. The molecule has 0 aromatic rings. The summed E-state index contributed by atoms with van der Waals surface area (Å²) in [7, 11) is -1.33. The molecule has 0 aliphatic heterocycles. The molecular formula is C20H41BrCl2Si. The lowest BCUT2D eigenvalue weighted by Gasteiger charge is -2.04. The Balaban J connectivity index is 2.95. The minimum atomic E-state index is -1.33. The Bertz CT molecular complexity index is 228. The molecule has 0 unspecified atom stereocenters. The van der Waals surface area contributed by atoms with Crippen molar-refractivity contribution in [3.05, 3.63) is 0 Å². The van der Waals surface area contributed by atoms with Gasteiger partial charge in [-0.15, -0.1) is 0 Å². The second kappa shape index (κ2) is 22.3. The normalized spacial score (nSPS) is 11.5. The van der Waals surface area contributed by atoms with Crippen LogP contribution >= 0.6 is 38.1 Å². The topological polar surface area (TPSA) is 0 Å². The minimum Gasteiger partial charge on any atom is -0.150 e. The third-order valence-electron chi connectivity index (χ3n) is 4.81. The van der Waals surface area contributed by atoms with Gasteiger partial charge in [0.25, 0.3) is 0 Å². The largest absolute Gasteiger partial charge is 0.237 e. The van der Waals surface area contributed by atoms with Gasteiger partial charge in [-0.2, -0.15) is 22.2 Å². The van der Waals surface area contributed by atoms with Crippen molar-refractivity contribution in [2.75, 3.05) is 5.33 Å². The number of halogens is 3. The SMILES string of the molecule is Cl[SiH](Cl)CCCCCCCCCCCCCCCCCCCCBr. The van der Waals surface area contributed by atoms with Crippen molar-refractivity contribution >= 4 is 45.5 Å². The number of rotatable bonds is 20. The van der Waals surface area contributed by atoms with E-state index in [-0.39, 0.29) is 0 Å². The number of hydrogen-bond donors (Lipinski definition) is 0. The molecule has 0 atom stereocenters. The van der Waals surface area contributed by atoms with Gasteiger partial charge in [-0.05, 0) is 12.5 Å². The van der Waals surface area contributed by atoms with E-state index in [0.29, 0.717) is 0 Å². The average molecular weight is 460 g/mol. The van der Waals surface area contributed by atoms with Crippen molar-refractivity contribution in [1.82, 2.24) is 0 Å². The maximum absolute atomic E-state index is 5.86. The van der Waals surface area contributed by atoms with E-state index >= 15 is 0 Å². The molecule has 0 N–H and O–H groups in total. The van der Waals surface area contributed by atoms with Crippen LogP contribution in [0.5, 0.6) is 0 Å². The highest BCUT2D eigenvalue weighted by Gasteiger charge is 2.00. The monoisotopic (exact) mass is 458 g/mol. The lowest BCUT2D eigenvalue weighted by Crippen LogP contribution is -1.91. The first-order valence-corrected chi connectivity index (χ1v) is 16.0. The van der Waals surface area contributed by atoms with Crippen LogP contribution in [0.15, 0.2) is 0 Å². The van der Waals surface area contributed by atoms with Gasteiger partial charge in [0, 0.05) is 5.33 Å². The Labute approximate surface area is 172 Å². The summed E-state index contributed by atoms with van der Waals surface area (Å²) >= 11 is 15.2. The first kappa shape index (κ1) is 25.3. The molecule has 0 bridgehead atoms.